The van der Waals surface area contributed by atoms with Crippen molar-refractivity contribution in [3.8, 4) is 0 Å². The zero-order valence-electron chi connectivity index (χ0n) is 10.2. The van der Waals surface area contributed by atoms with Crippen molar-refractivity contribution in [1.82, 2.24) is 9.97 Å². The van der Waals surface area contributed by atoms with Crippen molar-refractivity contribution in [3.05, 3.63) is 58.6 Å². The molecule has 4 nitrogen and oxygen atoms in total. The Balaban J connectivity index is 2.08. The molecule has 0 atom stereocenters. The van der Waals surface area contributed by atoms with Crippen LogP contribution in [0.2, 0.25) is 5.15 Å². The third-order valence-corrected chi connectivity index (χ3v) is 3.00. The summed E-state index contributed by atoms with van der Waals surface area (Å²) in [6.07, 6.45) is 2.59. The Morgan fingerprint density at radius 2 is 2.00 bits per heavy atom. The molecule has 1 aromatic carbocycles. The molecular weight excluding hydrogens is 264 g/mol. The lowest BCUT2D eigenvalue weighted by atomic mass is 10.1. The summed E-state index contributed by atoms with van der Waals surface area (Å²) in [5.74, 6) is -0.222. The number of hydrogen-bond acceptors (Lipinski definition) is 3. The van der Waals surface area contributed by atoms with E-state index >= 15 is 0 Å². The van der Waals surface area contributed by atoms with Gasteiger partial charge < -0.3 is 5.11 Å². The van der Waals surface area contributed by atoms with Gasteiger partial charge in [0, 0.05) is 24.6 Å². The second-order valence-corrected chi connectivity index (χ2v) is 4.52. The highest BCUT2D eigenvalue weighted by Gasteiger charge is 2.07. The topological polar surface area (TPSA) is 63.1 Å². The lowest BCUT2D eigenvalue weighted by Gasteiger charge is -2.04. The lowest BCUT2D eigenvalue weighted by Crippen LogP contribution is -2.02. The molecule has 2 rings (SSSR count). The van der Waals surface area contributed by atoms with Crippen LogP contribution < -0.4 is 0 Å². The van der Waals surface area contributed by atoms with Crippen molar-refractivity contribution in [2.75, 3.05) is 0 Å². The van der Waals surface area contributed by atoms with Crippen molar-refractivity contribution in [1.29, 1.82) is 0 Å². The summed E-state index contributed by atoms with van der Waals surface area (Å²) in [5, 5.41) is 8.97. The number of nitrogens with zero attached hydrogens (tertiary/aromatic N) is 2. The fourth-order valence-corrected chi connectivity index (χ4v) is 1.93. The summed E-state index contributed by atoms with van der Waals surface area (Å²) < 4.78 is 0. The lowest BCUT2D eigenvalue weighted by molar-refractivity contribution is -0.136. The van der Waals surface area contributed by atoms with Crippen LogP contribution in [-0.2, 0) is 17.6 Å². The first-order valence-corrected chi connectivity index (χ1v) is 6.29. The van der Waals surface area contributed by atoms with E-state index in [2.05, 4.69) is 9.97 Å². The van der Waals surface area contributed by atoms with Gasteiger partial charge in [-0.05, 0) is 12.0 Å². The van der Waals surface area contributed by atoms with Gasteiger partial charge in [-0.25, -0.2) is 9.97 Å². The van der Waals surface area contributed by atoms with Gasteiger partial charge in [0.05, 0.1) is 0 Å². The first-order chi connectivity index (χ1) is 9.15. The largest absolute Gasteiger partial charge is 0.481 e. The average Bonchev–Trinajstić information content (AvgIpc) is 2.39. The van der Waals surface area contributed by atoms with Crippen LogP contribution in [-0.4, -0.2) is 21.0 Å². The highest BCUT2D eigenvalue weighted by atomic mass is 35.5. The first kappa shape index (κ1) is 13.5. The molecule has 0 saturated carbocycles. The van der Waals surface area contributed by atoms with Crippen molar-refractivity contribution < 1.29 is 9.90 Å². The summed E-state index contributed by atoms with van der Waals surface area (Å²) in [6, 6.07) is 9.86. The molecule has 0 fully saturated rings. The molecule has 2 aromatic rings. The smallest absolute Gasteiger partial charge is 0.303 e. The predicted molar refractivity (Wildman–Crippen MR) is 72.2 cm³/mol. The number of carbonyl (C=O) groups is 1. The maximum Gasteiger partial charge on any atom is 0.303 e. The van der Waals surface area contributed by atoms with E-state index in [9.17, 15) is 4.79 Å². The second-order valence-electron chi connectivity index (χ2n) is 4.16. The van der Waals surface area contributed by atoms with Crippen LogP contribution in [0.4, 0.5) is 0 Å². The quantitative estimate of drug-likeness (QED) is 0.853. The summed E-state index contributed by atoms with van der Waals surface area (Å²) in [7, 11) is 0. The molecule has 19 heavy (non-hydrogen) atoms. The zero-order valence-corrected chi connectivity index (χ0v) is 11.0. The maximum absolute atomic E-state index is 10.5. The van der Waals surface area contributed by atoms with Crippen LogP contribution in [0.1, 0.15) is 23.4 Å². The SMILES string of the molecule is O=C(O)CCc1cnc(Cc2ccccc2)nc1Cl. The van der Waals surface area contributed by atoms with Crippen LogP contribution in [0.3, 0.4) is 0 Å². The average molecular weight is 277 g/mol. The Bertz CT molecular complexity index is 573. The van der Waals surface area contributed by atoms with E-state index in [4.69, 9.17) is 16.7 Å². The summed E-state index contributed by atoms with van der Waals surface area (Å²) >= 11 is 6.04. The monoisotopic (exact) mass is 276 g/mol. The molecule has 1 N–H and O–H groups in total. The van der Waals surface area contributed by atoms with Gasteiger partial charge in [-0.15, -0.1) is 0 Å². The van der Waals surface area contributed by atoms with Gasteiger partial charge in [-0.2, -0.15) is 0 Å². The van der Waals surface area contributed by atoms with Crippen molar-refractivity contribution >= 4 is 17.6 Å². The molecule has 0 bridgehead atoms. The van der Waals surface area contributed by atoms with Crippen molar-refractivity contribution in [2.45, 2.75) is 19.3 Å². The Labute approximate surface area is 116 Å². The fraction of sp³-hybridized carbons (Fsp3) is 0.214. The molecule has 0 unspecified atom stereocenters. The Morgan fingerprint density at radius 1 is 1.26 bits per heavy atom. The Hall–Kier alpha value is -1.94. The number of hydrogen-bond donors (Lipinski definition) is 1. The van der Waals surface area contributed by atoms with Gasteiger partial charge >= 0.3 is 5.97 Å². The minimum atomic E-state index is -0.857. The van der Waals surface area contributed by atoms with Gasteiger partial charge in [-0.3, -0.25) is 4.79 Å². The molecule has 0 aliphatic heterocycles. The van der Waals surface area contributed by atoms with E-state index in [0.29, 0.717) is 29.4 Å². The molecule has 0 amide bonds. The summed E-state index contributed by atoms with van der Waals surface area (Å²) in [5.41, 5.74) is 1.78. The molecule has 5 heteroatoms. The van der Waals surface area contributed by atoms with Crippen LogP contribution in [0.25, 0.3) is 0 Å². The number of aryl methyl sites for hydroxylation is 1. The Kier molecular flexibility index (Phi) is 4.47. The number of rotatable bonds is 5. The Morgan fingerprint density at radius 3 is 2.63 bits per heavy atom. The van der Waals surface area contributed by atoms with Gasteiger partial charge in [0.2, 0.25) is 0 Å². The van der Waals surface area contributed by atoms with E-state index in [1.54, 1.807) is 6.20 Å². The molecule has 0 aliphatic rings. The van der Waals surface area contributed by atoms with Gasteiger partial charge in [0.15, 0.2) is 0 Å². The third kappa shape index (κ3) is 4.03. The normalized spacial score (nSPS) is 10.4. The number of carboxylic acids is 1. The maximum atomic E-state index is 10.5. The summed E-state index contributed by atoms with van der Waals surface area (Å²) in [4.78, 5) is 18.9. The molecule has 0 aliphatic carbocycles. The van der Waals surface area contributed by atoms with Gasteiger partial charge in [-0.1, -0.05) is 41.9 Å². The molecular formula is C14H13ClN2O2. The van der Waals surface area contributed by atoms with Crippen LogP contribution in [0.15, 0.2) is 36.5 Å². The first-order valence-electron chi connectivity index (χ1n) is 5.91. The van der Waals surface area contributed by atoms with Gasteiger partial charge in [0.1, 0.15) is 11.0 Å². The van der Waals surface area contributed by atoms with E-state index in [-0.39, 0.29) is 6.42 Å². The predicted octanol–water partition coefficient (Wildman–Crippen LogP) is 2.74. The standard InChI is InChI=1S/C14H13ClN2O2/c15-14-11(6-7-13(18)19)9-16-12(17-14)8-10-4-2-1-3-5-10/h1-5,9H,6-8H2,(H,18,19). The fourth-order valence-electron chi connectivity index (χ4n) is 1.69. The van der Waals surface area contributed by atoms with E-state index in [1.807, 2.05) is 30.3 Å². The highest BCUT2D eigenvalue weighted by molar-refractivity contribution is 6.30. The van der Waals surface area contributed by atoms with E-state index < -0.39 is 5.97 Å². The van der Waals surface area contributed by atoms with Crippen LogP contribution in [0, 0.1) is 0 Å². The number of aliphatic carboxylic acids is 1. The highest BCUT2D eigenvalue weighted by Crippen LogP contribution is 2.15. The second kappa shape index (κ2) is 6.29. The van der Waals surface area contributed by atoms with Crippen LogP contribution in [0.5, 0.6) is 0 Å². The minimum Gasteiger partial charge on any atom is -0.481 e. The molecule has 0 radical (unpaired) electrons. The molecule has 1 heterocycles. The molecule has 1 aromatic heterocycles. The molecule has 0 spiro atoms. The third-order valence-electron chi connectivity index (χ3n) is 2.67. The van der Waals surface area contributed by atoms with Gasteiger partial charge in [0.25, 0.3) is 0 Å². The van der Waals surface area contributed by atoms with E-state index in [1.165, 1.54) is 0 Å². The zero-order chi connectivity index (χ0) is 13.7. The summed E-state index contributed by atoms with van der Waals surface area (Å²) in [6.45, 7) is 0. The van der Waals surface area contributed by atoms with Crippen LogP contribution >= 0.6 is 11.6 Å². The molecule has 0 saturated heterocycles. The minimum absolute atomic E-state index is 0.0289. The van der Waals surface area contributed by atoms with Crippen molar-refractivity contribution in [3.63, 3.8) is 0 Å². The molecule has 98 valence electrons. The number of benzene rings is 1. The van der Waals surface area contributed by atoms with E-state index in [0.717, 1.165) is 5.56 Å². The number of carboxylic acid groups (broad SMARTS) is 1. The number of halogens is 1. The van der Waals surface area contributed by atoms with Crippen molar-refractivity contribution in [2.24, 2.45) is 0 Å². The number of aromatic nitrogens is 2.